The van der Waals surface area contributed by atoms with Crippen molar-refractivity contribution in [3.63, 3.8) is 0 Å². The molecule has 4 heteroatoms. The van der Waals surface area contributed by atoms with E-state index in [1.165, 1.54) is 0 Å². The summed E-state index contributed by atoms with van der Waals surface area (Å²) in [7, 11) is 0. The van der Waals surface area contributed by atoms with E-state index < -0.39 is 0 Å². The minimum atomic E-state index is 0. The van der Waals surface area contributed by atoms with E-state index in [9.17, 15) is 0 Å². The van der Waals surface area contributed by atoms with Gasteiger partial charge in [-0.05, 0) is 0 Å². The summed E-state index contributed by atoms with van der Waals surface area (Å²) >= 11 is 7.65. The molecule has 0 atom stereocenters. The fourth-order valence-electron chi connectivity index (χ4n) is 0.684. The molecule has 84 valence electrons. The van der Waals surface area contributed by atoms with Crippen molar-refractivity contribution in [1.29, 1.82) is 0 Å². The van der Waals surface area contributed by atoms with Crippen molar-refractivity contribution in [1.82, 2.24) is 0 Å². The SMILES string of the molecule is NC(=S)S.[Zn+2].[c-]1ccccc1.[c-]1ccccc1. The van der Waals surface area contributed by atoms with Gasteiger partial charge in [0.2, 0.25) is 0 Å². The van der Waals surface area contributed by atoms with Gasteiger partial charge in [-0.15, -0.1) is 12.6 Å². The van der Waals surface area contributed by atoms with Gasteiger partial charge in [0.15, 0.2) is 0 Å². The molecule has 0 saturated heterocycles. The molecule has 0 unspecified atom stereocenters. The van der Waals surface area contributed by atoms with Gasteiger partial charge >= 0.3 is 19.5 Å². The molecule has 0 aliphatic carbocycles. The van der Waals surface area contributed by atoms with Crippen LogP contribution in [-0.2, 0) is 19.5 Å². The molecule has 0 aliphatic rings. The van der Waals surface area contributed by atoms with E-state index >= 15 is 0 Å². The van der Waals surface area contributed by atoms with E-state index in [0.717, 1.165) is 0 Å². The molecule has 2 aromatic rings. The molecule has 0 bridgehead atoms. The maximum absolute atomic E-state index is 4.71. The van der Waals surface area contributed by atoms with Crippen LogP contribution in [0.1, 0.15) is 0 Å². The average Bonchev–Trinajstić information content (AvgIpc) is 2.34. The molecule has 0 fully saturated rings. The van der Waals surface area contributed by atoms with Crippen LogP contribution in [0.2, 0.25) is 0 Å². The van der Waals surface area contributed by atoms with Crippen LogP contribution in [0.15, 0.2) is 60.7 Å². The Kier molecular flexibility index (Phi) is 16.8. The molecule has 0 spiro atoms. The van der Waals surface area contributed by atoms with Crippen LogP contribution in [0.5, 0.6) is 0 Å². The Morgan fingerprint density at radius 2 is 1.06 bits per heavy atom. The van der Waals surface area contributed by atoms with Gasteiger partial charge in [-0.25, -0.2) is 0 Å². The predicted molar refractivity (Wildman–Crippen MR) is 76.3 cm³/mol. The summed E-state index contributed by atoms with van der Waals surface area (Å²) < 4.78 is 0.194. The Balaban J connectivity index is 0. The van der Waals surface area contributed by atoms with E-state index in [-0.39, 0.29) is 23.8 Å². The summed E-state index contributed by atoms with van der Waals surface area (Å²) in [6.45, 7) is 0. The van der Waals surface area contributed by atoms with Crippen molar-refractivity contribution in [2.45, 2.75) is 0 Å². The quantitative estimate of drug-likeness (QED) is 0.338. The molecule has 0 amide bonds. The number of nitrogens with two attached hydrogens (primary N) is 1. The van der Waals surface area contributed by atoms with Gasteiger partial charge in [0, 0.05) is 0 Å². The molecule has 1 nitrogen and oxygen atoms in total. The third-order valence-electron chi connectivity index (χ3n) is 1.21. The Bertz CT molecular complexity index is 265. The largest absolute Gasteiger partial charge is 2.00 e. The van der Waals surface area contributed by atoms with Gasteiger partial charge in [0.05, 0.1) is 0 Å². The smallest absolute Gasteiger partial charge is 0.385 e. The first kappa shape index (κ1) is 18.7. The van der Waals surface area contributed by atoms with Crippen LogP contribution in [0, 0.1) is 12.1 Å². The minimum Gasteiger partial charge on any atom is -0.385 e. The van der Waals surface area contributed by atoms with Crippen molar-refractivity contribution in [3.05, 3.63) is 72.8 Å². The molecule has 0 heterocycles. The first-order valence-electron chi connectivity index (χ1n) is 4.54. The number of rotatable bonds is 0. The maximum Gasteiger partial charge on any atom is 2.00 e. The second-order valence-corrected chi connectivity index (χ2v) is 3.72. The van der Waals surface area contributed by atoms with E-state index in [0.29, 0.717) is 0 Å². The number of hydrogen-bond acceptors (Lipinski definition) is 1. The van der Waals surface area contributed by atoms with Crippen LogP contribution >= 0.6 is 24.8 Å². The van der Waals surface area contributed by atoms with Crippen molar-refractivity contribution in [3.8, 4) is 0 Å². The molecule has 2 N–H and O–H groups in total. The zero-order chi connectivity index (χ0) is 12.1. The Labute approximate surface area is 127 Å². The van der Waals surface area contributed by atoms with Crippen LogP contribution in [-0.4, -0.2) is 4.32 Å². The van der Waals surface area contributed by atoms with E-state index in [2.05, 4.69) is 37.0 Å². The molecular formula is C13H13NS2Zn. The standard InChI is InChI=1S/2C6H5.CH3NS2.Zn/c2*1-2-4-6-5-3-1;2-1(3)4;/h2*1-5H;(H3,2,3,4);/q2*-1;;+2. The average molecular weight is 313 g/mol. The van der Waals surface area contributed by atoms with Gasteiger partial charge in [-0.1, -0.05) is 12.2 Å². The van der Waals surface area contributed by atoms with Crippen molar-refractivity contribution in [2.75, 3.05) is 0 Å². The second-order valence-electron chi connectivity index (χ2n) is 2.49. The van der Waals surface area contributed by atoms with Crippen molar-refractivity contribution >= 4 is 29.2 Å². The number of thiocarbonyl (C=S) groups is 1. The minimum absolute atomic E-state index is 0. The van der Waals surface area contributed by atoms with Crippen LogP contribution in [0.3, 0.4) is 0 Å². The summed E-state index contributed by atoms with van der Waals surface area (Å²) in [6.07, 6.45) is 0. The van der Waals surface area contributed by atoms with Gasteiger partial charge < -0.3 is 5.73 Å². The molecule has 0 saturated carbocycles. The Morgan fingerprint density at radius 1 is 0.824 bits per heavy atom. The summed E-state index contributed by atoms with van der Waals surface area (Å²) in [6, 6.07) is 25.0. The maximum atomic E-state index is 4.71. The fourth-order valence-corrected chi connectivity index (χ4v) is 0.684. The predicted octanol–water partition coefficient (Wildman–Crippen LogP) is 3.13. The topological polar surface area (TPSA) is 26.0 Å². The number of benzene rings is 2. The Hall–Kier alpha value is -0.697. The molecule has 0 aliphatic heterocycles. The molecular weight excluding hydrogens is 300 g/mol. The molecule has 2 rings (SSSR count). The van der Waals surface area contributed by atoms with Gasteiger partial charge in [0.25, 0.3) is 0 Å². The van der Waals surface area contributed by atoms with E-state index in [1.807, 2.05) is 60.7 Å². The summed E-state index contributed by atoms with van der Waals surface area (Å²) in [5.41, 5.74) is 4.71. The molecule has 2 aromatic carbocycles. The Morgan fingerprint density at radius 3 is 1.12 bits per heavy atom. The number of hydrogen-bond donors (Lipinski definition) is 2. The van der Waals surface area contributed by atoms with Gasteiger partial charge in [0.1, 0.15) is 4.32 Å². The first-order chi connectivity index (χ1) is 7.73. The third kappa shape index (κ3) is 21.2. The van der Waals surface area contributed by atoms with Gasteiger partial charge in [-0.3, -0.25) is 0 Å². The van der Waals surface area contributed by atoms with E-state index in [4.69, 9.17) is 5.73 Å². The monoisotopic (exact) mass is 311 g/mol. The summed E-state index contributed by atoms with van der Waals surface area (Å²) in [5.74, 6) is 0. The normalized spacial score (nSPS) is 7.12. The summed E-state index contributed by atoms with van der Waals surface area (Å²) in [4.78, 5) is 0. The third-order valence-corrected chi connectivity index (χ3v) is 1.21. The molecule has 17 heavy (non-hydrogen) atoms. The zero-order valence-electron chi connectivity index (χ0n) is 9.41. The van der Waals surface area contributed by atoms with Gasteiger partial charge in [-0.2, -0.15) is 72.8 Å². The van der Waals surface area contributed by atoms with Crippen LogP contribution in [0.25, 0.3) is 0 Å². The van der Waals surface area contributed by atoms with Crippen LogP contribution in [0.4, 0.5) is 0 Å². The molecule has 0 aromatic heterocycles. The van der Waals surface area contributed by atoms with Crippen molar-refractivity contribution in [2.24, 2.45) is 5.73 Å². The summed E-state index contributed by atoms with van der Waals surface area (Å²) in [5, 5.41) is 0. The second kappa shape index (κ2) is 15.3. The van der Waals surface area contributed by atoms with E-state index in [1.54, 1.807) is 0 Å². The fraction of sp³-hybridized carbons (Fsp3) is 0. The molecule has 0 radical (unpaired) electrons. The number of thiol groups is 1. The van der Waals surface area contributed by atoms with Crippen molar-refractivity contribution < 1.29 is 19.5 Å². The van der Waals surface area contributed by atoms with Crippen LogP contribution < -0.4 is 5.73 Å². The first-order valence-corrected chi connectivity index (χ1v) is 5.39. The zero-order valence-corrected chi connectivity index (χ0v) is 14.1.